The van der Waals surface area contributed by atoms with Crippen molar-refractivity contribution in [3.05, 3.63) is 11.2 Å². The number of aliphatic carboxylic acids is 2. The second-order valence-corrected chi connectivity index (χ2v) is 6.48. The predicted molar refractivity (Wildman–Crippen MR) is 60.8 cm³/mol. The van der Waals surface area contributed by atoms with Gasteiger partial charge in [0.15, 0.2) is 4.21 Å². The lowest BCUT2D eigenvalue weighted by Crippen LogP contribution is -2.41. The molecule has 0 fully saturated rings. The zero-order valence-corrected chi connectivity index (χ0v) is 10.8. The second-order valence-electron chi connectivity index (χ2n) is 3.31. The van der Waals surface area contributed by atoms with Gasteiger partial charge < -0.3 is 10.2 Å². The summed E-state index contributed by atoms with van der Waals surface area (Å²) in [7, 11) is -4.07. The summed E-state index contributed by atoms with van der Waals surface area (Å²) >= 11 is 0.865. The van der Waals surface area contributed by atoms with Crippen molar-refractivity contribution in [2.24, 2.45) is 0 Å². The van der Waals surface area contributed by atoms with E-state index in [9.17, 15) is 18.0 Å². The van der Waals surface area contributed by atoms with Crippen LogP contribution < -0.4 is 4.72 Å². The maximum absolute atomic E-state index is 11.7. The van der Waals surface area contributed by atoms with E-state index in [2.05, 4.69) is 4.98 Å². The van der Waals surface area contributed by atoms with E-state index in [-0.39, 0.29) is 4.21 Å². The van der Waals surface area contributed by atoms with Gasteiger partial charge >= 0.3 is 11.9 Å². The van der Waals surface area contributed by atoms with Crippen molar-refractivity contribution in [1.82, 2.24) is 9.71 Å². The lowest BCUT2D eigenvalue weighted by atomic mass is 10.2. The average molecular weight is 294 g/mol. The molecule has 3 N–H and O–H groups in total. The van der Waals surface area contributed by atoms with Gasteiger partial charge in [-0.15, -0.1) is 11.3 Å². The van der Waals surface area contributed by atoms with Crippen molar-refractivity contribution in [2.45, 2.75) is 23.6 Å². The van der Waals surface area contributed by atoms with Crippen LogP contribution in [0.3, 0.4) is 0 Å². The predicted octanol–water partition coefficient (Wildman–Crippen LogP) is -0.342. The Bertz CT molecular complexity index is 564. The molecule has 0 aliphatic heterocycles. The van der Waals surface area contributed by atoms with E-state index < -0.39 is 34.4 Å². The molecule has 0 radical (unpaired) electrons. The van der Waals surface area contributed by atoms with Gasteiger partial charge in [0, 0.05) is 0 Å². The highest BCUT2D eigenvalue weighted by Gasteiger charge is 2.28. The molecule has 0 saturated heterocycles. The summed E-state index contributed by atoms with van der Waals surface area (Å²) in [6.45, 7) is 1.59. The highest BCUT2D eigenvalue weighted by molar-refractivity contribution is 7.91. The van der Waals surface area contributed by atoms with Crippen LogP contribution in [0.15, 0.2) is 10.4 Å². The van der Waals surface area contributed by atoms with Gasteiger partial charge in [-0.05, 0) is 6.92 Å². The van der Waals surface area contributed by atoms with Gasteiger partial charge in [-0.2, -0.15) is 4.72 Å². The number of nitrogens with zero attached hydrogens (tertiary/aromatic N) is 1. The zero-order chi connectivity index (χ0) is 13.9. The van der Waals surface area contributed by atoms with E-state index in [1.165, 1.54) is 0 Å². The Morgan fingerprint density at radius 3 is 2.50 bits per heavy atom. The van der Waals surface area contributed by atoms with Crippen molar-refractivity contribution in [3.8, 4) is 0 Å². The number of aromatic nitrogens is 1. The third-order valence-electron chi connectivity index (χ3n) is 1.84. The van der Waals surface area contributed by atoms with E-state index in [0.29, 0.717) is 5.01 Å². The Hall–Kier alpha value is -1.52. The van der Waals surface area contributed by atoms with E-state index in [1.54, 1.807) is 6.92 Å². The highest BCUT2D eigenvalue weighted by atomic mass is 32.2. The van der Waals surface area contributed by atoms with Crippen LogP contribution in [-0.2, 0) is 19.6 Å². The second kappa shape index (κ2) is 5.42. The molecular formula is C8H10N2O6S2. The molecule has 0 amide bonds. The minimum Gasteiger partial charge on any atom is -0.481 e. The van der Waals surface area contributed by atoms with Crippen molar-refractivity contribution in [3.63, 3.8) is 0 Å². The van der Waals surface area contributed by atoms with Crippen LogP contribution in [0, 0.1) is 6.92 Å². The summed E-state index contributed by atoms with van der Waals surface area (Å²) in [6.07, 6.45) is 0.244. The molecule has 10 heteroatoms. The molecule has 18 heavy (non-hydrogen) atoms. The zero-order valence-electron chi connectivity index (χ0n) is 9.15. The number of sulfonamides is 1. The molecule has 0 spiro atoms. The molecule has 0 aliphatic carbocycles. The lowest BCUT2D eigenvalue weighted by molar-refractivity contribution is -0.145. The topological polar surface area (TPSA) is 134 Å². The normalized spacial score (nSPS) is 13.2. The molecule has 0 saturated carbocycles. The maximum Gasteiger partial charge on any atom is 0.322 e. The fourth-order valence-electron chi connectivity index (χ4n) is 1.07. The largest absolute Gasteiger partial charge is 0.481 e. The van der Waals surface area contributed by atoms with Gasteiger partial charge in [0.1, 0.15) is 6.04 Å². The molecule has 0 unspecified atom stereocenters. The summed E-state index contributed by atoms with van der Waals surface area (Å²) < 4.78 is 25.1. The summed E-state index contributed by atoms with van der Waals surface area (Å²) in [6, 6.07) is -1.71. The Balaban J connectivity index is 2.93. The van der Waals surface area contributed by atoms with Gasteiger partial charge in [0.25, 0.3) is 10.0 Å². The van der Waals surface area contributed by atoms with Gasteiger partial charge in [0.2, 0.25) is 0 Å². The number of hydrogen-bond acceptors (Lipinski definition) is 6. The first-order valence-electron chi connectivity index (χ1n) is 4.61. The van der Waals surface area contributed by atoms with Crippen LogP contribution in [0.5, 0.6) is 0 Å². The van der Waals surface area contributed by atoms with Gasteiger partial charge in [-0.3, -0.25) is 9.59 Å². The summed E-state index contributed by atoms with van der Waals surface area (Å²) in [5.41, 5.74) is 0. The fourth-order valence-corrected chi connectivity index (χ4v) is 3.38. The molecule has 1 heterocycles. The number of carboxylic acids is 2. The summed E-state index contributed by atoms with van der Waals surface area (Å²) in [5.74, 6) is -2.97. The molecule has 1 atom stereocenters. The minimum absolute atomic E-state index is 0.156. The third-order valence-corrected chi connectivity index (χ3v) is 4.68. The molecule has 0 aromatic carbocycles. The Kier molecular flexibility index (Phi) is 4.38. The number of carbonyl (C=O) groups is 2. The fraction of sp³-hybridized carbons (Fsp3) is 0.375. The number of aryl methyl sites for hydroxylation is 1. The lowest BCUT2D eigenvalue weighted by Gasteiger charge is -2.11. The van der Waals surface area contributed by atoms with Crippen LogP contribution in [0.2, 0.25) is 0 Å². The average Bonchev–Trinajstić information content (AvgIpc) is 2.63. The van der Waals surface area contributed by atoms with Crippen molar-refractivity contribution < 1.29 is 28.2 Å². The number of nitrogens with one attached hydrogen (secondary N) is 1. The summed E-state index contributed by atoms with van der Waals surface area (Å²) in [4.78, 5) is 24.9. The van der Waals surface area contributed by atoms with Crippen LogP contribution in [0.4, 0.5) is 0 Å². The van der Waals surface area contributed by atoms with E-state index in [1.807, 2.05) is 4.72 Å². The molecule has 1 aromatic rings. The first kappa shape index (κ1) is 14.5. The Morgan fingerprint density at radius 1 is 1.50 bits per heavy atom. The molecule has 0 bridgehead atoms. The molecule has 100 valence electrons. The number of thiazole rings is 1. The van der Waals surface area contributed by atoms with Crippen LogP contribution in [0.25, 0.3) is 0 Å². The van der Waals surface area contributed by atoms with Crippen LogP contribution in [-0.4, -0.2) is 41.6 Å². The first-order valence-corrected chi connectivity index (χ1v) is 6.91. The molecule has 1 rings (SSSR count). The Labute approximate surface area is 106 Å². The molecule has 0 aliphatic rings. The monoisotopic (exact) mass is 294 g/mol. The summed E-state index contributed by atoms with van der Waals surface area (Å²) in [5, 5.41) is 17.7. The molecule has 8 nitrogen and oxygen atoms in total. The third kappa shape index (κ3) is 3.75. The standard InChI is InChI=1S/C8H10N2O6S2/c1-4-9-3-7(17-4)18(15,16)10-5(8(13)14)2-6(11)12/h3,5,10H,2H2,1H3,(H,11,12)(H,13,14)/t5-/m0/s1. The van der Waals surface area contributed by atoms with Crippen molar-refractivity contribution in [2.75, 3.05) is 0 Å². The van der Waals surface area contributed by atoms with Gasteiger partial charge in [-0.25, -0.2) is 13.4 Å². The van der Waals surface area contributed by atoms with Crippen molar-refractivity contribution in [1.29, 1.82) is 0 Å². The number of carboxylic acid groups (broad SMARTS) is 2. The number of rotatable bonds is 6. The van der Waals surface area contributed by atoms with E-state index >= 15 is 0 Å². The van der Waals surface area contributed by atoms with Crippen LogP contribution >= 0.6 is 11.3 Å². The van der Waals surface area contributed by atoms with E-state index in [0.717, 1.165) is 17.5 Å². The highest BCUT2D eigenvalue weighted by Crippen LogP contribution is 2.18. The van der Waals surface area contributed by atoms with Crippen LogP contribution in [0.1, 0.15) is 11.4 Å². The van der Waals surface area contributed by atoms with Gasteiger partial charge in [-0.1, -0.05) is 0 Å². The molecular weight excluding hydrogens is 284 g/mol. The molecule has 1 aromatic heterocycles. The Morgan fingerprint density at radius 2 is 2.11 bits per heavy atom. The first-order chi connectivity index (χ1) is 8.22. The quantitative estimate of drug-likeness (QED) is 0.653. The SMILES string of the molecule is Cc1ncc(S(=O)(=O)N[C@@H](CC(=O)O)C(=O)O)s1. The van der Waals surface area contributed by atoms with Crippen molar-refractivity contribution >= 4 is 33.3 Å². The smallest absolute Gasteiger partial charge is 0.322 e. The number of hydrogen-bond donors (Lipinski definition) is 3. The van der Waals surface area contributed by atoms with E-state index in [4.69, 9.17) is 10.2 Å². The van der Waals surface area contributed by atoms with Gasteiger partial charge in [0.05, 0.1) is 17.6 Å². The minimum atomic E-state index is -4.07. The maximum atomic E-state index is 11.7.